The van der Waals surface area contributed by atoms with Crippen molar-refractivity contribution in [2.75, 3.05) is 32.1 Å². The summed E-state index contributed by atoms with van der Waals surface area (Å²) in [7, 11) is -3.57. The molecule has 180 valence electrons. The minimum Gasteiger partial charge on any atom is -0.379 e. The molecule has 1 aliphatic rings. The average molecular weight is 500 g/mol. The first-order valence-corrected chi connectivity index (χ1v) is 13.7. The lowest BCUT2D eigenvalue weighted by molar-refractivity contribution is 0.0730. The molecule has 0 spiro atoms. The Balaban J connectivity index is 1.37. The van der Waals surface area contributed by atoms with Crippen molar-refractivity contribution in [2.45, 2.75) is 36.7 Å². The number of sulfonamides is 1. The molecule has 2 aromatic heterocycles. The Morgan fingerprint density at radius 3 is 2.50 bits per heavy atom. The zero-order valence-electron chi connectivity index (χ0n) is 19.4. The molecule has 1 fully saturated rings. The molecule has 0 unspecified atom stereocenters. The van der Waals surface area contributed by atoms with Crippen LogP contribution in [0.5, 0.6) is 0 Å². The monoisotopic (exact) mass is 499 g/mol. The van der Waals surface area contributed by atoms with Crippen molar-refractivity contribution in [3.8, 4) is 0 Å². The van der Waals surface area contributed by atoms with E-state index in [-0.39, 0.29) is 16.4 Å². The zero-order valence-corrected chi connectivity index (χ0v) is 21.1. The summed E-state index contributed by atoms with van der Waals surface area (Å²) in [4.78, 5) is 17.4. The van der Waals surface area contributed by atoms with Gasteiger partial charge in [-0.25, -0.2) is 13.4 Å². The van der Waals surface area contributed by atoms with Crippen LogP contribution >= 0.6 is 11.8 Å². The molecule has 9 heteroatoms. The Kier molecular flexibility index (Phi) is 7.88. The molecular weight excluding hydrogens is 470 g/mol. The summed E-state index contributed by atoms with van der Waals surface area (Å²) in [5.74, 6) is 0.279. The van der Waals surface area contributed by atoms with Crippen molar-refractivity contribution in [3.05, 3.63) is 77.2 Å². The molecule has 1 saturated heterocycles. The molecule has 7 nitrogen and oxygen atoms in total. The van der Waals surface area contributed by atoms with Crippen LogP contribution in [0.4, 0.5) is 0 Å². The summed E-state index contributed by atoms with van der Waals surface area (Å²) < 4.78 is 34.3. The maximum absolute atomic E-state index is 12.9. The van der Waals surface area contributed by atoms with E-state index in [1.165, 1.54) is 27.8 Å². The van der Waals surface area contributed by atoms with E-state index >= 15 is 0 Å². The number of nitrogens with zero attached hydrogens (tertiary/aromatic N) is 3. The molecule has 1 aliphatic heterocycles. The summed E-state index contributed by atoms with van der Waals surface area (Å²) in [5.41, 5.74) is 4.03. The van der Waals surface area contributed by atoms with Crippen molar-refractivity contribution < 1.29 is 17.9 Å². The number of ketones is 1. The molecule has 0 bridgehead atoms. The third-order valence-corrected chi connectivity index (χ3v) is 8.84. The van der Waals surface area contributed by atoms with Gasteiger partial charge in [0, 0.05) is 42.8 Å². The third kappa shape index (κ3) is 5.60. The maximum atomic E-state index is 12.9. The number of pyridine rings is 1. The SMILES string of the molecule is Cc1cc(C(=O)CSc2ccc(S(=O)(=O)N3CCOCC3)cn2)c(C)n1CCc1ccccc1. The van der Waals surface area contributed by atoms with Crippen LogP contribution < -0.4 is 0 Å². The highest BCUT2D eigenvalue weighted by atomic mass is 32.2. The van der Waals surface area contributed by atoms with E-state index in [0.29, 0.717) is 31.3 Å². The van der Waals surface area contributed by atoms with E-state index < -0.39 is 10.0 Å². The van der Waals surface area contributed by atoms with Gasteiger partial charge in [-0.15, -0.1) is 0 Å². The summed E-state index contributed by atoms with van der Waals surface area (Å²) >= 11 is 1.31. The summed E-state index contributed by atoms with van der Waals surface area (Å²) in [6.45, 7) is 6.32. The normalized spacial score (nSPS) is 14.9. The molecule has 0 radical (unpaired) electrons. The van der Waals surface area contributed by atoms with Crippen LogP contribution in [0.15, 0.2) is 64.6 Å². The van der Waals surface area contributed by atoms with Gasteiger partial charge in [-0.1, -0.05) is 42.1 Å². The second kappa shape index (κ2) is 10.9. The highest BCUT2D eigenvalue weighted by Crippen LogP contribution is 2.23. The number of Topliss-reactive ketones (excluding diaryl/α,β-unsaturated/α-hetero) is 1. The van der Waals surface area contributed by atoms with Gasteiger partial charge < -0.3 is 9.30 Å². The van der Waals surface area contributed by atoms with Crippen LogP contribution in [0.25, 0.3) is 0 Å². The van der Waals surface area contributed by atoms with Crippen molar-refractivity contribution in [2.24, 2.45) is 0 Å². The minimum atomic E-state index is -3.57. The number of aryl methyl sites for hydroxylation is 2. The Bertz CT molecular complexity index is 1230. The fourth-order valence-electron chi connectivity index (χ4n) is 4.07. The minimum absolute atomic E-state index is 0.0378. The van der Waals surface area contributed by atoms with Crippen molar-refractivity contribution in [1.29, 1.82) is 0 Å². The molecule has 4 rings (SSSR count). The smallest absolute Gasteiger partial charge is 0.244 e. The molecule has 3 heterocycles. The first kappa shape index (κ1) is 24.7. The topological polar surface area (TPSA) is 81.5 Å². The molecule has 0 amide bonds. The van der Waals surface area contributed by atoms with E-state index in [4.69, 9.17) is 4.74 Å². The molecular formula is C25H29N3O4S2. The van der Waals surface area contributed by atoms with Crippen molar-refractivity contribution in [1.82, 2.24) is 13.9 Å². The number of thioether (sulfide) groups is 1. The van der Waals surface area contributed by atoms with E-state index in [2.05, 4.69) is 21.7 Å². The van der Waals surface area contributed by atoms with Crippen LogP contribution in [-0.2, 0) is 27.7 Å². The number of hydrogen-bond donors (Lipinski definition) is 0. The Hall–Kier alpha value is -2.46. The quantitative estimate of drug-likeness (QED) is 0.330. The van der Waals surface area contributed by atoms with E-state index in [1.807, 2.05) is 38.1 Å². The molecule has 34 heavy (non-hydrogen) atoms. The average Bonchev–Trinajstić information content (AvgIpc) is 3.15. The van der Waals surface area contributed by atoms with E-state index in [0.717, 1.165) is 29.9 Å². The van der Waals surface area contributed by atoms with Crippen LogP contribution in [0, 0.1) is 13.8 Å². The van der Waals surface area contributed by atoms with Gasteiger partial charge in [0.15, 0.2) is 5.78 Å². The van der Waals surface area contributed by atoms with Crippen LogP contribution in [0.2, 0.25) is 0 Å². The maximum Gasteiger partial charge on any atom is 0.244 e. The Morgan fingerprint density at radius 2 is 1.82 bits per heavy atom. The number of rotatable bonds is 9. The molecule has 0 atom stereocenters. The first-order chi connectivity index (χ1) is 16.4. The van der Waals surface area contributed by atoms with Gasteiger partial charge in [-0.2, -0.15) is 4.31 Å². The largest absolute Gasteiger partial charge is 0.379 e. The zero-order chi connectivity index (χ0) is 24.1. The number of benzene rings is 1. The molecule has 0 saturated carbocycles. The van der Waals surface area contributed by atoms with Crippen LogP contribution in [0.1, 0.15) is 27.3 Å². The van der Waals surface area contributed by atoms with Crippen LogP contribution in [0.3, 0.4) is 0 Å². The Morgan fingerprint density at radius 1 is 1.09 bits per heavy atom. The summed E-state index contributed by atoms with van der Waals surface area (Å²) in [6.07, 6.45) is 2.27. The molecule has 0 aliphatic carbocycles. The Labute approximate surface area is 205 Å². The van der Waals surface area contributed by atoms with Gasteiger partial charge in [-0.3, -0.25) is 4.79 Å². The predicted molar refractivity (Wildman–Crippen MR) is 133 cm³/mol. The van der Waals surface area contributed by atoms with Crippen LogP contribution in [-0.4, -0.2) is 60.1 Å². The lowest BCUT2D eigenvalue weighted by atomic mass is 10.1. The van der Waals surface area contributed by atoms with Gasteiger partial charge in [-0.05, 0) is 44.0 Å². The van der Waals surface area contributed by atoms with Crippen molar-refractivity contribution >= 4 is 27.6 Å². The highest BCUT2D eigenvalue weighted by molar-refractivity contribution is 7.99. The standard InChI is InChI=1S/C25H29N3O4S2/c1-19-16-23(20(2)28(19)11-10-21-6-4-3-5-7-21)24(29)18-33-25-9-8-22(17-26-25)34(30,31)27-12-14-32-15-13-27/h3-9,16-17H,10-15,18H2,1-2H3. The molecule has 1 aromatic carbocycles. The van der Waals surface area contributed by atoms with E-state index in [9.17, 15) is 13.2 Å². The summed E-state index contributed by atoms with van der Waals surface area (Å²) in [6, 6.07) is 15.5. The number of aromatic nitrogens is 2. The van der Waals surface area contributed by atoms with Gasteiger partial charge in [0.25, 0.3) is 0 Å². The number of morpholine rings is 1. The van der Waals surface area contributed by atoms with E-state index in [1.54, 1.807) is 12.1 Å². The number of hydrogen-bond acceptors (Lipinski definition) is 6. The fourth-order valence-corrected chi connectivity index (χ4v) is 6.15. The lowest BCUT2D eigenvalue weighted by Crippen LogP contribution is -2.40. The van der Waals surface area contributed by atoms with Gasteiger partial charge >= 0.3 is 0 Å². The number of carbonyl (C=O) groups excluding carboxylic acids is 1. The predicted octanol–water partition coefficient (Wildman–Crippen LogP) is 3.74. The fraction of sp³-hybridized carbons (Fsp3) is 0.360. The van der Waals surface area contributed by atoms with Crippen molar-refractivity contribution in [3.63, 3.8) is 0 Å². The lowest BCUT2D eigenvalue weighted by Gasteiger charge is -2.25. The van der Waals surface area contributed by atoms with Gasteiger partial charge in [0.2, 0.25) is 10.0 Å². The molecule has 0 N–H and O–H groups in total. The van der Waals surface area contributed by atoms with Gasteiger partial charge in [0.1, 0.15) is 4.90 Å². The number of carbonyl (C=O) groups is 1. The summed E-state index contributed by atoms with van der Waals surface area (Å²) in [5, 5.41) is 0.618. The highest BCUT2D eigenvalue weighted by Gasteiger charge is 2.26. The molecule has 3 aromatic rings. The second-order valence-corrected chi connectivity index (χ2v) is 11.2. The second-order valence-electron chi connectivity index (χ2n) is 8.23. The third-order valence-electron chi connectivity index (χ3n) is 6.01. The number of ether oxygens (including phenoxy) is 1. The first-order valence-electron chi connectivity index (χ1n) is 11.3. The van der Waals surface area contributed by atoms with Gasteiger partial charge in [0.05, 0.1) is 24.0 Å².